The number of benzene rings is 1. The molecule has 2 aromatic heterocycles. The van der Waals surface area contributed by atoms with Crippen molar-refractivity contribution in [3.8, 4) is 0 Å². The third-order valence-corrected chi connectivity index (χ3v) is 7.77. The van der Waals surface area contributed by atoms with Crippen molar-refractivity contribution in [1.29, 1.82) is 0 Å². The van der Waals surface area contributed by atoms with E-state index in [-0.39, 0.29) is 14.6 Å². The minimum absolute atomic E-state index is 0.0745. The first-order chi connectivity index (χ1) is 13.4. The smallest absolute Gasteiger partial charge is 0.293 e. The molecule has 0 aliphatic heterocycles. The van der Waals surface area contributed by atoms with E-state index >= 15 is 0 Å². The molecule has 0 saturated carbocycles. The van der Waals surface area contributed by atoms with Crippen molar-refractivity contribution in [2.75, 3.05) is 15.8 Å². The Morgan fingerprint density at radius 3 is 2.57 bits per heavy atom. The van der Waals surface area contributed by atoms with Crippen LogP contribution >= 0.6 is 34.4 Å². The molecule has 2 heterocycles. The summed E-state index contributed by atoms with van der Waals surface area (Å²) < 4.78 is 27.5. The van der Waals surface area contributed by atoms with Gasteiger partial charge in [-0.15, -0.1) is 27.0 Å². The van der Waals surface area contributed by atoms with Crippen molar-refractivity contribution in [2.24, 2.45) is 0 Å². The van der Waals surface area contributed by atoms with E-state index < -0.39 is 15.9 Å². The molecule has 0 aliphatic carbocycles. The van der Waals surface area contributed by atoms with Crippen LogP contribution in [-0.4, -0.2) is 40.5 Å². The molecule has 28 heavy (non-hydrogen) atoms. The van der Waals surface area contributed by atoms with Crippen molar-refractivity contribution in [3.05, 3.63) is 48.0 Å². The Labute approximate surface area is 173 Å². The number of aryl methyl sites for hydroxylation is 1. The maximum absolute atomic E-state index is 12.4. The SMILES string of the molecule is C=CCSc1nnc(NS(=O)(=O)c2nnc(NC(=O)c3ccc(C)cc3)s2)s1. The molecule has 13 heteroatoms. The van der Waals surface area contributed by atoms with Gasteiger partial charge < -0.3 is 0 Å². The molecule has 2 N–H and O–H groups in total. The highest BCUT2D eigenvalue weighted by Crippen LogP contribution is 2.28. The quantitative estimate of drug-likeness (QED) is 0.302. The minimum atomic E-state index is -3.98. The summed E-state index contributed by atoms with van der Waals surface area (Å²) in [6.07, 6.45) is 1.71. The molecule has 0 spiro atoms. The van der Waals surface area contributed by atoms with Gasteiger partial charge >= 0.3 is 0 Å². The lowest BCUT2D eigenvalue weighted by atomic mass is 10.1. The molecular formula is C15H14N6O3S4. The van der Waals surface area contributed by atoms with E-state index in [4.69, 9.17) is 0 Å². The number of amides is 1. The summed E-state index contributed by atoms with van der Waals surface area (Å²) in [4.78, 5) is 12.2. The number of anilines is 2. The molecule has 9 nitrogen and oxygen atoms in total. The van der Waals surface area contributed by atoms with Crippen LogP contribution in [0.2, 0.25) is 0 Å². The monoisotopic (exact) mass is 454 g/mol. The first kappa shape index (κ1) is 20.4. The highest BCUT2D eigenvalue weighted by molar-refractivity contribution is 8.01. The molecule has 1 amide bonds. The molecule has 0 radical (unpaired) electrons. The second kappa shape index (κ2) is 8.77. The van der Waals surface area contributed by atoms with Gasteiger partial charge in [-0.05, 0) is 19.1 Å². The number of carbonyl (C=O) groups excluding carboxylic acids is 1. The zero-order valence-electron chi connectivity index (χ0n) is 14.4. The first-order valence-electron chi connectivity index (χ1n) is 7.69. The molecule has 0 bridgehead atoms. The average molecular weight is 455 g/mol. The zero-order valence-corrected chi connectivity index (χ0v) is 17.7. The molecule has 0 aliphatic rings. The standard InChI is InChI=1S/C15H14N6O3S4/c1-3-8-25-14-19-18-13(26-14)21-28(23,24)15-20-17-12(27-15)16-11(22)10-6-4-9(2)5-7-10/h3-7H,1,8H2,2H3,(H,18,21)(H,16,17,22). The summed E-state index contributed by atoms with van der Waals surface area (Å²) in [6, 6.07) is 6.95. The van der Waals surface area contributed by atoms with Crippen LogP contribution in [0.15, 0.2) is 45.6 Å². The number of aromatic nitrogens is 4. The summed E-state index contributed by atoms with van der Waals surface area (Å²) >= 11 is 3.23. The van der Waals surface area contributed by atoms with Crippen molar-refractivity contribution >= 4 is 60.6 Å². The Morgan fingerprint density at radius 2 is 1.86 bits per heavy atom. The van der Waals surface area contributed by atoms with Crippen LogP contribution in [0.25, 0.3) is 0 Å². The molecule has 0 unspecified atom stereocenters. The minimum Gasteiger partial charge on any atom is -0.296 e. The van der Waals surface area contributed by atoms with E-state index in [1.165, 1.54) is 11.8 Å². The van der Waals surface area contributed by atoms with Crippen LogP contribution in [0.4, 0.5) is 10.3 Å². The Hall–Kier alpha value is -2.35. The molecule has 146 valence electrons. The summed E-state index contributed by atoms with van der Waals surface area (Å²) in [5.74, 6) is 0.239. The fourth-order valence-corrected chi connectivity index (χ4v) is 5.48. The van der Waals surface area contributed by atoms with Gasteiger partial charge in [-0.2, -0.15) is 8.42 Å². The summed E-state index contributed by atoms with van der Waals surface area (Å²) in [5.41, 5.74) is 1.45. The van der Waals surface area contributed by atoms with Crippen molar-refractivity contribution in [1.82, 2.24) is 20.4 Å². The largest absolute Gasteiger partial charge is 0.296 e. The molecule has 3 rings (SSSR count). The molecule has 0 fully saturated rings. The number of hydrogen-bond acceptors (Lipinski definition) is 10. The maximum atomic E-state index is 12.4. The van der Waals surface area contributed by atoms with Crippen molar-refractivity contribution < 1.29 is 13.2 Å². The molecule has 0 saturated heterocycles. The normalized spacial score (nSPS) is 11.2. The number of nitrogens with zero attached hydrogens (tertiary/aromatic N) is 4. The summed E-state index contributed by atoms with van der Waals surface area (Å²) in [7, 11) is -3.98. The number of carbonyl (C=O) groups is 1. The molecular weight excluding hydrogens is 440 g/mol. The third kappa shape index (κ3) is 5.13. The lowest BCUT2D eigenvalue weighted by Gasteiger charge is -2.01. The van der Waals surface area contributed by atoms with Gasteiger partial charge in [0.1, 0.15) is 0 Å². The lowest BCUT2D eigenvalue weighted by Crippen LogP contribution is -2.12. The number of rotatable bonds is 8. The van der Waals surface area contributed by atoms with E-state index in [0.717, 1.165) is 28.2 Å². The second-order valence-electron chi connectivity index (χ2n) is 5.27. The van der Waals surface area contributed by atoms with Gasteiger partial charge in [-0.3, -0.25) is 14.8 Å². The maximum Gasteiger partial charge on any atom is 0.293 e. The van der Waals surface area contributed by atoms with Gasteiger partial charge in [-0.25, -0.2) is 0 Å². The fraction of sp³-hybridized carbons (Fsp3) is 0.133. The number of thioether (sulfide) groups is 1. The van der Waals surface area contributed by atoms with E-state index in [2.05, 4.69) is 37.0 Å². The van der Waals surface area contributed by atoms with E-state index in [9.17, 15) is 13.2 Å². The topological polar surface area (TPSA) is 127 Å². The zero-order chi connectivity index (χ0) is 20.1. The lowest BCUT2D eigenvalue weighted by molar-refractivity contribution is 0.102. The average Bonchev–Trinajstić information content (AvgIpc) is 3.30. The highest BCUT2D eigenvalue weighted by atomic mass is 32.2. The Morgan fingerprint density at radius 1 is 1.14 bits per heavy atom. The van der Waals surface area contributed by atoms with Gasteiger partial charge in [0.15, 0.2) is 4.34 Å². The van der Waals surface area contributed by atoms with Gasteiger partial charge in [0.2, 0.25) is 10.3 Å². The van der Waals surface area contributed by atoms with E-state index in [1.54, 1.807) is 30.3 Å². The number of sulfonamides is 1. The van der Waals surface area contributed by atoms with Crippen LogP contribution in [-0.2, 0) is 10.0 Å². The number of nitrogens with one attached hydrogen (secondary N) is 2. The molecule has 3 aromatic rings. The van der Waals surface area contributed by atoms with Crippen molar-refractivity contribution in [3.63, 3.8) is 0 Å². The Balaban J connectivity index is 1.67. The Bertz CT molecular complexity index is 1090. The van der Waals surface area contributed by atoms with E-state index in [1.807, 2.05) is 6.92 Å². The van der Waals surface area contributed by atoms with Gasteiger partial charge in [0.25, 0.3) is 20.3 Å². The summed E-state index contributed by atoms with van der Waals surface area (Å²) in [5, 5.41) is 17.8. The highest BCUT2D eigenvalue weighted by Gasteiger charge is 2.23. The van der Waals surface area contributed by atoms with Crippen molar-refractivity contribution in [2.45, 2.75) is 15.6 Å². The van der Waals surface area contributed by atoms with Crippen LogP contribution in [0.1, 0.15) is 15.9 Å². The number of hydrogen-bond donors (Lipinski definition) is 2. The predicted molar refractivity (Wildman–Crippen MR) is 111 cm³/mol. The summed E-state index contributed by atoms with van der Waals surface area (Å²) in [6.45, 7) is 5.52. The second-order valence-corrected chi connectivity index (χ2v) is 10.3. The first-order valence-corrected chi connectivity index (χ1v) is 11.8. The van der Waals surface area contributed by atoms with Crippen LogP contribution in [0, 0.1) is 6.92 Å². The molecule has 1 aromatic carbocycles. The van der Waals surface area contributed by atoms with Crippen LogP contribution < -0.4 is 10.0 Å². The third-order valence-electron chi connectivity index (χ3n) is 3.12. The fourth-order valence-electron chi connectivity index (χ4n) is 1.84. The van der Waals surface area contributed by atoms with Crippen LogP contribution in [0.5, 0.6) is 0 Å². The Kier molecular flexibility index (Phi) is 6.39. The van der Waals surface area contributed by atoms with E-state index in [0.29, 0.717) is 15.7 Å². The van der Waals surface area contributed by atoms with Crippen LogP contribution in [0.3, 0.4) is 0 Å². The van der Waals surface area contributed by atoms with Gasteiger partial charge in [-0.1, -0.05) is 58.2 Å². The van der Waals surface area contributed by atoms with Gasteiger partial charge in [0.05, 0.1) is 0 Å². The van der Waals surface area contributed by atoms with Gasteiger partial charge in [0, 0.05) is 11.3 Å². The molecule has 0 atom stereocenters. The predicted octanol–water partition coefficient (Wildman–Crippen LogP) is 3.03.